The summed E-state index contributed by atoms with van der Waals surface area (Å²) in [5, 5.41) is 14.6. The van der Waals surface area contributed by atoms with Gasteiger partial charge in [0.05, 0.1) is 0 Å². The van der Waals surface area contributed by atoms with E-state index in [0.29, 0.717) is 6.54 Å². The number of carboxylic acid groups (broad SMARTS) is 1. The lowest BCUT2D eigenvalue weighted by Gasteiger charge is -2.26. The van der Waals surface area contributed by atoms with Crippen molar-refractivity contribution in [1.29, 1.82) is 0 Å². The highest BCUT2D eigenvalue weighted by molar-refractivity contribution is 5.84. The SMILES string of the molecule is CN(C)CCC(NC(=O)CC(C)(C)NC(=O)OCC1c2ccccc2-c2ccccc21)C(=O)O. The third-order valence-electron chi connectivity index (χ3n) is 5.88. The minimum atomic E-state index is -1.09. The van der Waals surface area contributed by atoms with Crippen LogP contribution >= 0.6 is 0 Å². The molecule has 182 valence electrons. The zero-order chi connectivity index (χ0) is 24.9. The van der Waals surface area contributed by atoms with Crippen molar-refractivity contribution in [3.8, 4) is 11.1 Å². The first-order valence-corrected chi connectivity index (χ1v) is 11.4. The van der Waals surface area contributed by atoms with Crippen molar-refractivity contribution < 1.29 is 24.2 Å². The number of carbonyl (C=O) groups is 3. The number of rotatable bonds is 10. The quantitative estimate of drug-likeness (QED) is 0.495. The van der Waals surface area contributed by atoms with Gasteiger partial charge in [0.2, 0.25) is 5.91 Å². The maximum Gasteiger partial charge on any atom is 0.407 e. The summed E-state index contributed by atoms with van der Waals surface area (Å²) in [4.78, 5) is 38.3. The fourth-order valence-electron chi connectivity index (χ4n) is 4.25. The van der Waals surface area contributed by atoms with Gasteiger partial charge in [-0.15, -0.1) is 0 Å². The summed E-state index contributed by atoms with van der Waals surface area (Å²) in [6.45, 7) is 4.10. The third kappa shape index (κ3) is 6.35. The van der Waals surface area contributed by atoms with E-state index in [-0.39, 0.29) is 25.4 Å². The summed E-state index contributed by atoms with van der Waals surface area (Å²) in [5.41, 5.74) is 3.61. The fraction of sp³-hybridized carbons (Fsp3) is 0.423. The molecule has 0 fully saturated rings. The second-order valence-corrected chi connectivity index (χ2v) is 9.56. The second-order valence-electron chi connectivity index (χ2n) is 9.56. The molecule has 0 saturated carbocycles. The molecule has 0 saturated heterocycles. The summed E-state index contributed by atoms with van der Waals surface area (Å²) < 4.78 is 5.56. The van der Waals surface area contributed by atoms with Crippen molar-refractivity contribution in [3.05, 3.63) is 59.7 Å². The lowest BCUT2D eigenvalue weighted by Crippen LogP contribution is -2.50. The van der Waals surface area contributed by atoms with Crippen LogP contribution in [0.1, 0.15) is 43.7 Å². The van der Waals surface area contributed by atoms with Crippen LogP contribution in [0.2, 0.25) is 0 Å². The molecular weight excluding hydrogens is 434 g/mol. The Morgan fingerprint density at radius 3 is 2.12 bits per heavy atom. The van der Waals surface area contributed by atoms with Crippen LogP contribution in [0.25, 0.3) is 11.1 Å². The Labute approximate surface area is 200 Å². The molecule has 2 aromatic rings. The summed E-state index contributed by atoms with van der Waals surface area (Å²) in [6.07, 6.45) is -0.417. The highest BCUT2D eigenvalue weighted by atomic mass is 16.5. The molecular formula is C26H33N3O5. The van der Waals surface area contributed by atoms with E-state index in [9.17, 15) is 19.5 Å². The van der Waals surface area contributed by atoms with Crippen molar-refractivity contribution >= 4 is 18.0 Å². The van der Waals surface area contributed by atoms with Crippen LogP contribution in [0.15, 0.2) is 48.5 Å². The van der Waals surface area contributed by atoms with Gasteiger partial charge in [0.1, 0.15) is 12.6 Å². The number of nitrogens with one attached hydrogen (secondary N) is 2. The van der Waals surface area contributed by atoms with E-state index in [1.54, 1.807) is 13.8 Å². The van der Waals surface area contributed by atoms with Crippen molar-refractivity contribution in [2.24, 2.45) is 0 Å². The molecule has 1 unspecified atom stereocenters. The summed E-state index contributed by atoms with van der Waals surface area (Å²) in [5.74, 6) is -1.59. The Hall–Kier alpha value is -3.39. The molecule has 0 heterocycles. The smallest absolute Gasteiger partial charge is 0.407 e. The van der Waals surface area contributed by atoms with Gasteiger partial charge in [0, 0.05) is 24.4 Å². The van der Waals surface area contributed by atoms with Crippen LogP contribution in [0.5, 0.6) is 0 Å². The first-order chi connectivity index (χ1) is 16.1. The number of ether oxygens (including phenoxy) is 1. The van der Waals surface area contributed by atoms with Crippen LogP contribution < -0.4 is 10.6 Å². The lowest BCUT2D eigenvalue weighted by molar-refractivity contribution is -0.142. The van der Waals surface area contributed by atoms with Gasteiger partial charge in [-0.3, -0.25) is 4.79 Å². The molecule has 0 aliphatic heterocycles. The van der Waals surface area contributed by atoms with Crippen molar-refractivity contribution in [2.45, 2.75) is 44.2 Å². The number of carboxylic acids is 1. The monoisotopic (exact) mass is 467 g/mol. The lowest BCUT2D eigenvalue weighted by atomic mass is 9.98. The van der Waals surface area contributed by atoms with E-state index in [4.69, 9.17) is 4.74 Å². The van der Waals surface area contributed by atoms with E-state index in [1.807, 2.05) is 55.4 Å². The Kier molecular flexibility index (Phi) is 7.94. The number of fused-ring (bicyclic) bond motifs is 3. The van der Waals surface area contributed by atoms with Crippen LogP contribution in [0.3, 0.4) is 0 Å². The van der Waals surface area contributed by atoms with Gasteiger partial charge in [-0.25, -0.2) is 9.59 Å². The Balaban J connectivity index is 1.55. The Morgan fingerprint density at radius 2 is 1.59 bits per heavy atom. The molecule has 3 rings (SSSR count). The fourth-order valence-corrected chi connectivity index (χ4v) is 4.25. The molecule has 34 heavy (non-hydrogen) atoms. The predicted octanol–water partition coefficient (Wildman–Crippen LogP) is 3.21. The molecule has 8 nitrogen and oxygen atoms in total. The van der Waals surface area contributed by atoms with Gasteiger partial charge in [-0.2, -0.15) is 0 Å². The summed E-state index contributed by atoms with van der Waals surface area (Å²) in [7, 11) is 3.67. The number of nitrogens with zero attached hydrogens (tertiary/aromatic N) is 1. The first kappa shape index (κ1) is 25.2. The minimum absolute atomic E-state index is 0.0578. The molecule has 8 heteroatoms. The largest absolute Gasteiger partial charge is 0.480 e. The zero-order valence-corrected chi connectivity index (χ0v) is 20.1. The molecule has 0 aromatic heterocycles. The number of amides is 2. The molecule has 1 aliphatic rings. The first-order valence-electron chi connectivity index (χ1n) is 11.4. The standard InChI is InChI=1S/C26H33N3O5/c1-26(2,15-23(30)27-22(24(31)32)13-14-29(3)4)28-25(33)34-16-21-19-11-7-5-9-17(19)18-10-6-8-12-20(18)21/h5-12,21-22H,13-16H2,1-4H3,(H,27,30)(H,28,33)(H,31,32). The highest BCUT2D eigenvalue weighted by Gasteiger charge is 2.31. The van der Waals surface area contributed by atoms with Crippen LogP contribution in [-0.2, 0) is 14.3 Å². The van der Waals surface area contributed by atoms with Crippen molar-refractivity contribution in [3.63, 3.8) is 0 Å². The number of benzene rings is 2. The normalized spacial score (nSPS) is 13.7. The second kappa shape index (κ2) is 10.7. The maximum absolute atomic E-state index is 12.6. The molecule has 3 N–H and O–H groups in total. The van der Waals surface area contributed by atoms with E-state index in [2.05, 4.69) is 22.8 Å². The zero-order valence-electron chi connectivity index (χ0n) is 20.1. The number of hydrogen-bond acceptors (Lipinski definition) is 5. The Morgan fingerprint density at radius 1 is 1.03 bits per heavy atom. The number of aliphatic carboxylic acids is 1. The third-order valence-corrected chi connectivity index (χ3v) is 5.88. The molecule has 0 bridgehead atoms. The van der Waals surface area contributed by atoms with Gasteiger partial charge in [-0.1, -0.05) is 48.5 Å². The van der Waals surface area contributed by atoms with Crippen LogP contribution in [-0.4, -0.2) is 66.8 Å². The molecule has 1 aliphatic carbocycles. The predicted molar refractivity (Wildman–Crippen MR) is 130 cm³/mol. The number of alkyl carbamates (subject to hydrolysis) is 1. The van der Waals surface area contributed by atoms with E-state index < -0.39 is 29.6 Å². The van der Waals surface area contributed by atoms with Crippen LogP contribution in [0, 0.1) is 0 Å². The minimum Gasteiger partial charge on any atom is -0.480 e. The van der Waals surface area contributed by atoms with E-state index in [0.717, 1.165) is 22.3 Å². The van der Waals surface area contributed by atoms with Gasteiger partial charge in [0.25, 0.3) is 0 Å². The number of carbonyl (C=O) groups excluding carboxylic acids is 2. The molecule has 0 radical (unpaired) electrons. The molecule has 1 atom stereocenters. The average Bonchev–Trinajstić information content (AvgIpc) is 3.08. The average molecular weight is 468 g/mol. The maximum atomic E-state index is 12.6. The van der Waals surface area contributed by atoms with Crippen molar-refractivity contribution in [1.82, 2.24) is 15.5 Å². The molecule has 2 amide bonds. The van der Waals surface area contributed by atoms with Gasteiger partial charge >= 0.3 is 12.1 Å². The Bertz CT molecular complexity index is 1000. The van der Waals surface area contributed by atoms with Crippen LogP contribution in [0.4, 0.5) is 4.79 Å². The van der Waals surface area contributed by atoms with Gasteiger partial charge < -0.3 is 25.4 Å². The van der Waals surface area contributed by atoms with E-state index >= 15 is 0 Å². The number of hydrogen-bond donors (Lipinski definition) is 3. The topological polar surface area (TPSA) is 108 Å². The van der Waals surface area contributed by atoms with Gasteiger partial charge in [0.15, 0.2) is 0 Å². The summed E-state index contributed by atoms with van der Waals surface area (Å²) in [6, 6.07) is 15.2. The van der Waals surface area contributed by atoms with Crippen molar-refractivity contribution in [2.75, 3.05) is 27.2 Å². The van der Waals surface area contributed by atoms with Gasteiger partial charge in [-0.05, 0) is 56.6 Å². The summed E-state index contributed by atoms with van der Waals surface area (Å²) >= 11 is 0. The molecule has 0 spiro atoms. The highest BCUT2D eigenvalue weighted by Crippen LogP contribution is 2.44. The molecule has 2 aromatic carbocycles. The van der Waals surface area contributed by atoms with E-state index in [1.165, 1.54) is 0 Å².